The van der Waals surface area contributed by atoms with Crippen LogP contribution in [-0.4, -0.2) is 34.9 Å². The molecule has 8 nitrogen and oxygen atoms in total. The summed E-state index contributed by atoms with van der Waals surface area (Å²) in [7, 11) is 0. The molecular weight excluding hydrogens is 528 g/mol. The highest BCUT2D eigenvalue weighted by molar-refractivity contribution is 6.30. The average molecular weight is 557 g/mol. The van der Waals surface area contributed by atoms with Gasteiger partial charge in [0.1, 0.15) is 5.75 Å². The van der Waals surface area contributed by atoms with E-state index in [2.05, 4.69) is 21.8 Å². The number of anilines is 2. The van der Waals surface area contributed by atoms with Crippen molar-refractivity contribution in [2.45, 2.75) is 38.2 Å². The average Bonchev–Trinajstić information content (AvgIpc) is 3.66. The van der Waals surface area contributed by atoms with Crippen molar-refractivity contribution in [3.8, 4) is 17.2 Å². The summed E-state index contributed by atoms with van der Waals surface area (Å²) in [5.41, 5.74) is 3.90. The summed E-state index contributed by atoms with van der Waals surface area (Å²) in [5.74, 6) is 0.696. The Labute approximate surface area is 236 Å². The number of halogens is 1. The van der Waals surface area contributed by atoms with E-state index in [1.165, 1.54) is 22.0 Å². The number of amides is 1. The third-order valence-corrected chi connectivity index (χ3v) is 7.44. The van der Waals surface area contributed by atoms with E-state index in [1.807, 2.05) is 12.1 Å². The maximum absolute atomic E-state index is 13.8. The Kier molecular flexibility index (Phi) is 7.53. The van der Waals surface area contributed by atoms with E-state index in [0.29, 0.717) is 34.3 Å². The van der Waals surface area contributed by atoms with Gasteiger partial charge in [-0.3, -0.25) is 9.59 Å². The van der Waals surface area contributed by atoms with E-state index in [-0.39, 0.29) is 23.4 Å². The van der Waals surface area contributed by atoms with E-state index < -0.39 is 5.56 Å². The second-order valence-electron chi connectivity index (χ2n) is 10.0. The molecule has 1 aromatic heterocycles. The molecule has 1 aliphatic heterocycles. The normalized spacial score (nSPS) is 16.0. The van der Waals surface area contributed by atoms with E-state index >= 15 is 0 Å². The Morgan fingerprint density at radius 3 is 2.77 bits per heavy atom. The van der Waals surface area contributed by atoms with Crippen molar-refractivity contribution in [3.05, 3.63) is 105 Å². The predicted molar refractivity (Wildman–Crippen MR) is 154 cm³/mol. The van der Waals surface area contributed by atoms with E-state index in [4.69, 9.17) is 21.1 Å². The van der Waals surface area contributed by atoms with Crippen molar-refractivity contribution in [2.75, 3.05) is 18.5 Å². The molecule has 1 amide bonds. The molecule has 40 heavy (non-hydrogen) atoms. The Morgan fingerprint density at radius 2 is 1.93 bits per heavy atom. The van der Waals surface area contributed by atoms with Crippen molar-refractivity contribution >= 4 is 28.9 Å². The van der Waals surface area contributed by atoms with Gasteiger partial charge in [0.2, 0.25) is 0 Å². The van der Waals surface area contributed by atoms with Crippen LogP contribution in [0, 0.1) is 0 Å². The minimum Gasteiger partial charge on any atom is -0.453 e. The molecule has 1 aliphatic carbocycles. The van der Waals surface area contributed by atoms with Crippen molar-refractivity contribution in [2.24, 2.45) is 0 Å². The molecule has 1 saturated heterocycles. The lowest BCUT2D eigenvalue weighted by Gasteiger charge is -2.16. The molecule has 0 unspecified atom stereocenters. The maximum atomic E-state index is 13.8. The minimum absolute atomic E-state index is 0.0472. The number of carbonyl (C=O) groups excluding carboxylic acids is 1. The number of nitrogens with zero attached hydrogens (tertiary/aromatic N) is 2. The molecule has 0 spiro atoms. The first kappa shape index (κ1) is 26.1. The Morgan fingerprint density at radius 1 is 1.05 bits per heavy atom. The largest absolute Gasteiger partial charge is 0.453 e. The van der Waals surface area contributed by atoms with Crippen LogP contribution in [0.5, 0.6) is 11.5 Å². The number of rotatable bonds is 8. The second kappa shape index (κ2) is 11.5. The van der Waals surface area contributed by atoms with Crippen molar-refractivity contribution < 1.29 is 14.3 Å². The molecule has 0 bridgehead atoms. The standard InChI is InChI=1S/C31H29ClN4O4/c32-23-8-3-10-25(17-23)36-31(38)29(28(19-34-36)40-26-13-12-20-5-1-6-21(20)16-26)35-24-9-2-7-22(15-24)30(37)33-18-27-11-4-14-39-27/h2-3,7-10,12-13,15-17,19,27,35H,1,4-6,11,14,18H2,(H,33,37)/t27-/m1/s1. The Balaban J connectivity index is 1.32. The summed E-state index contributed by atoms with van der Waals surface area (Å²) in [6.45, 7) is 1.19. The fourth-order valence-corrected chi connectivity index (χ4v) is 5.34. The highest BCUT2D eigenvalue weighted by Crippen LogP contribution is 2.32. The molecule has 6 rings (SSSR count). The van der Waals surface area contributed by atoms with Gasteiger partial charge in [0.25, 0.3) is 11.5 Å². The molecule has 3 aromatic carbocycles. The highest BCUT2D eigenvalue weighted by Gasteiger charge is 2.19. The molecule has 4 aromatic rings. The Bertz CT molecular complexity index is 1610. The van der Waals surface area contributed by atoms with Crippen LogP contribution in [0.15, 0.2) is 77.7 Å². The summed E-state index contributed by atoms with van der Waals surface area (Å²) in [5, 5.41) is 11.0. The van der Waals surface area contributed by atoms with Gasteiger partial charge < -0.3 is 20.1 Å². The number of aromatic nitrogens is 2. The van der Waals surface area contributed by atoms with Gasteiger partial charge in [0.05, 0.1) is 18.0 Å². The first-order valence-electron chi connectivity index (χ1n) is 13.5. The van der Waals surface area contributed by atoms with Gasteiger partial charge in [-0.2, -0.15) is 9.78 Å². The van der Waals surface area contributed by atoms with E-state index in [0.717, 1.165) is 38.7 Å². The molecule has 204 valence electrons. The molecule has 1 fully saturated rings. The molecule has 1 atom stereocenters. The zero-order valence-corrected chi connectivity index (χ0v) is 22.6. The minimum atomic E-state index is -0.422. The zero-order valence-electron chi connectivity index (χ0n) is 21.9. The molecular formula is C31H29ClN4O4. The summed E-state index contributed by atoms with van der Waals surface area (Å²) in [6, 6.07) is 19.9. The van der Waals surface area contributed by atoms with Crippen LogP contribution in [0.25, 0.3) is 5.69 Å². The molecule has 0 saturated carbocycles. The quantitative estimate of drug-likeness (QED) is 0.284. The third-order valence-electron chi connectivity index (χ3n) is 7.20. The number of ether oxygens (including phenoxy) is 2. The van der Waals surface area contributed by atoms with Gasteiger partial charge in [-0.15, -0.1) is 0 Å². The predicted octanol–water partition coefficient (Wildman–Crippen LogP) is 5.82. The molecule has 0 radical (unpaired) electrons. The number of carbonyl (C=O) groups is 1. The fourth-order valence-electron chi connectivity index (χ4n) is 5.16. The first-order chi connectivity index (χ1) is 19.5. The fraction of sp³-hybridized carbons (Fsp3) is 0.258. The summed E-state index contributed by atoms with van der Waals surface area (Å²) < 4.78 is 13.1. The first-order valence-corrected chi connectivity index (χ1v) is 13.9. The van der Waals surface area contributed by atoms with Crippen molar-refractivity contribution in [1.29, 1.82) is 0 Å². The van der Waals surface area contributed by atoms with Gasteiger partial charge in [-0.1, -0.05) is 29.8 Å². The molecule has 2 heterocycles. The van der Waals surface area contributed by atoms with Gasteiger partial charge in [0, 0.05) is 29.4 Å². The number of fused-ring (bicyclic) bond motifs is 1. The van der Waals surface area contributed by atoms with Gasteiger partial charge >= 0.3 is 0 Å². The Hall–Kier alpha value is -4.14. The van der Waals surface area contributed by atoms with Crippen LogP contribution in [0.3, 0.4) is 0 Å². The molecule has 2 aliphatic rings. The van der Waals surface area contributed by atoms with Crippen LogP contribution in [0.2, 0.25) is 5.02 Å². The third kappa shape index (κ3) is 5.73. The number of hydrogen-bond acceptors (Lipinski definition) is 6. The van der Waals surface area contributed by atoms with Crippen LogP contribution in [0.1, 0.15) is 40.7 Å². The lowest BCUT2D eigenvalue weighted by molar-refractivity contribution is 0.0858. The van der Waals surface area contributed by atoms with Crippen molar-refractivity contribution in [1.82, 2.24) is 15.1 Å². The van der Waals surface area contributed by atoms with Crippen LogP contribution in [-0.2, 0) is 17.6 Å². The van der Waals surface area contributed by atoms with Crippen molar-refractivity contribution in [3.63, 3.8) is 0 Å². The lowest BCUT2D eigenvalue weighted by Crippen LogP contribution is -2.31. The SMILES string of the molecule is O=C(NC[C@H]1CCCO1)c1cccc(Nc2c(Oc3ccc4c(c3)CCC4)cnn(-c3cccc(Cl)c3)c2=O)c1. The number of aryl methyl sites for hydroxylation is 2. The monoisotopic (exact) mass is 556 g/mol. The molecule has 2 N–H and O–H groups in total. The van der Waals surface area contributed by atoms with Gasteiger partial charge in [-0.25, -0.2) is 0 Å². The van der Waals surface area contributed by atoms with E-state index in [1.54, 1.807) is 48.5 Å². The maximum Gasteiger partial charge on any atom is 0.299 e. The second-order valence-corrected chi connectivity index (χ2v) is 10.5. The summed E-state index contributed by atoms with van der Waals surface area (Å²) in [4.78, 5) is 26.6. The number of nitrogens with one attached hydrogen (secondary N) is 2. The van der Waals surface area contributed by atoms with Crippen LogP contribution >= 0.6 is 11.6 Å². The lowest BCUT2D eigenvalue weighted by atomic mass is 10.1. The highest BCUT2D eigenvalue weighted by atomic mass is 35.5. The van der Waals surface area contributed by atoms with Gasteiger partial charge in [0.15, 0.2) is 11.4 Å². The summed E-state index contributed by atoms with van der Waals surface area (Å²) >= 11 is 6.19. The number of benzene rings is 3. The smallest absolute Gasteiger partial charge is 0.299 e. The van der Waals surface area contributed by atoms with Crippen LogP contribution < -0.4 is 20.9 Å². The zero-order chi connectivity index (χ0) is 27.5. The van der Waals surface area contributed by atoms with Gasteiger partial charge in [-0.05, 0) is 91.8 Å². The summed E-state index contributed by atoms with van der Waals surface area (Å²) in [6.07, 6.45) is 6.71. The van der Waals surface area contributed by atoms with E-state index in [9.17, 15) is 9.59 Å². The number of hydrogen-bond donors (Lipinski definition) is 2. The topological polar surface area (TPSA) is 94.5 Å². The van der Waals surface area contributed by atoms with Crippen LogP contribution in [0.4, 0.5) is 11.4 Å². The molecule has 9 heteroatoms.